The molecule has 1 N–H and O–H groups in total. The third-order valence-electron chi connectivity index (χ3n) is 5.62. The zero-order chi connectivity index (χ0) is 15.3. The molecular formula is C19H38N2. The number of nitrogens with one attached hydrogen (secondary N) is 1. The number of hydrogen-bond acceptors (Lipinski definition) is 2. The molecule has 0 bridgehead atoms. The van der Waals surface area contributed by atoms with Crippen LogP contribution in [0.3, 0.4) is 0 Å². The van der Waals surface area contributed by atoms with Gasteiger partial charge in [-0.15, -0.1) is 0 Å². The standard InChI is InChI=1S/C19H38N2/c1-5-9-17(4)14-21-15-19(10-7-6-8-11-19)20-13-18(21)12-16(2)3/h16-18,20H,5-15H2,1-4H3. The molecule has 1 aliphatic carbocycles. The van der Waals surface area contributed by atoms with Crippen molar-refractivity contribution in [3.8, 4) is 0 Å². The number of rotatable bonds is 6. The summed E-state index contributed by atoms with van der Waals surface area (Å²) >= 11 is 0. The second-order valence-electron chi connectivity index (χ2n) is 8.33. The molecule has 0 aromatic carbocycles. The molecule has 2 atom stereocenters. The Hall–Kier alpha value is -0.0800. The minimum Gasteiger partial charge on any atom is -0.308 e. The Bertz CT molecular complexity index is 294. The fourth-order valence-electron chi connectivity index (χ4n) is 4.58. The first kappa shape index (κ1) is 17.3. The molecule has 2 rings (SSSR count). The van der Waals surface area contributed by atoms with Crippen molar-refractivity contribution in [1.82, 2.24) is 10.2 Å². The first-order chi connectivity index (χ1) is 10.0. The lowest BCUT2D eigenvalue weighted by molar-refractivity contribution is 0.0367. The van der Waals surface area contributed by atoms with E-state index in [-0.39, 0.29) is 0 Å². The topological polar surface area (TPSA) is 15.3 Å². The van der Waals surface area contributed by atoms with Gasteiger partial charge in [-0.25, -0.2) is 0 Å². The van der Waals surface area contributed by atoms with E-state index in [1.807, 2.05) is 0 Å². The van der Waals surface area contributed by atoms with E-state index in [2.05, 4.69) is 37.9 Å². The fraction of sp³-hybridized carbons (Fsp3) is 1.00. The first-order valence-corrected chi connectivity index (χ1v) is 9.54. The second-order valence-corrected chi connectivity index (χ2v) is 8.33. The number of nitrogens with zero attached hydrogens (tertiary/aromatic N) is 1. The van der Waals surface area contributed by atoms with Crippen LogP contribution < -0.4 is 5.32 Å². The maximum atomic E-state index is 3.98. The zero-order valence-electron chi connectivity index (χ0n) is 15.0. The third-order valence-corrected chi connectivity index (χ3v) is 5.62. The van der Waals surface area contributed by atoms with Crippen molar-refractivity contribution in [3.63, 3.8) is 0 Å². The molecule has 2 nitrogen and oxygen atoms in total. The van der Waals surface area contributed by atoms with Gasteiger partial charge in [-0.1, -0.05) is 53.4 Å². The molecule has 0 amide bonds. The molecule has 1 heterocycles. The van der Waals surface area contributed by atoms with E-state index >= 15 is 0 Å². The Morgan fingerprint density at radius 1 is 1.14 bits per heavy atom. The summed E-state index contributed by atoms with van der Waals surface area (Å²) in [7, 11) is 0. The molecule has 1 spiro atoms. The molecule has 2 fully saturated rings. The van der Waals surface area contributed by atoms with Crippen LogP contribution in [0.25, 0.3) is 0 Å². The zero-order valence-corrected chi connectivity index (χ0v) is 15.0. The molecule has 2 unspecified atom stereocenters. The predicted octanol–water partition coefficient (Wildman–Crippen LogP) is 4.45. The second kappa shape index (κ2) is 7.97. The van der Waals surface area contributed by atoms with Gasteiger partial charge in [0.05, 0.1) is 0 Å². The normalized spacial score (nSPS) is 28.1. The number of piperazine rings is 1. The summed E-state index contributed by atoms with van der Waals surface area (Å²) in [6, 6.07) is 0.761. The van der Waals surface area contributed by atoms with Gasteiger partial charge in [-0.2, -0.15) is 0 Å². The van der Waals surface area contributed by atoms with Crippen LogP contribution in [0, 0.1) is 11.8 Å². The quantitative estimate of drug-likeness (QED) is 0.779. The molecule has 124 valence electrons. The van der Waals surface area contributed by atoms with E-state index in [9.17, 15) is 0 Å². The van der Waals surface area contributed by atoms with Crippen molar-refractivity contribution < 1.29 is 0 Å². The van der Waals surface area contributed by atoms with E-state index in [1.165, 1.54) is 71.0 Å². The van der Waals surface area contributed by atoms with Crippen LogP contribution in [0.5, 0.6) is 0 Å². The lowest BCUT2D eigenvalue weighted by atomic mass is 9.78. The van der Waals surface area contributed by atoms with Crippen molar-refractivity contribution in [3.05, 3.63) is 0 Å². The van der Waals surface area contributed by atoms with Crippen molar-refractivity contribution in [2.24, 2.45) is 11.8 Å². The highest BCUT2D eigenvalue weighted by Crippen LogP contribution is 2.33. The lowest BCUT2D eigenvalue weighted by Gasteiger charge is -2.50. The summed E-state index contributed by atoms with van der Waals surface area (Å²) in [5.74, 6) is 1.66. The van der Waals surface area contributed by atoms with Crippen LogP contribution in [-0.4, -0.2) is 36.1 Å². The van der Waals surface area contributed by atoms with Gasteiger partial charge in [0, 0.05) is 31.2 Å². The smallest absolute Gasteiger partial charge is 0.0309 e. The summed E-state index contributed by atoms with van der Waals surface area (Å²) in [5, 5.41) is 3.98. The Morgan fingerprint density at radius 3 is 2.48 bits per heavy atom. The molecule has 1 saturated carbocycles. The Labute approximate surface area is 133 Å². The van der Waals surface area contributed by atoms with Gasteiger partial charge in [0.25, 0.3) is 0 Å². The average molecular weight is 295 g/mol. The number of hydrogen-bond donors (Lipinski definition) is 1. The maximum Gasteiger partial charge on any atom is 0.0309 e. The van der Waals surface area contributed by atoms with Gasteiger partial charge in [0.2, 0.25) is 0 Å². The van der Waals surface area contributed by atoms with Crippen LogP contribution in [-0.2, 0) is 0 Å². The highest BCUT2D eigenvalue weighted by Gasteiger charge is 2.39. The molecule has 0 aromatic heterocycles. The van der Waals surface area contributed by atoms with Crippen LogP contribution >= 0.6 is 0 Å². The molecule has 1 aliphatic heterocycles. The van der Waals surface area contributed by atoms with Gasteiger partial charge in [-0.3, -0.25) is 4.90 Å². The minimum absolute atomic E-state index is 0.456. The molecular weight excluding hydrogens is 256 g/mol. The molecule has 1 saturated heterocycles. The SMILES string of the molecule is CCCC(C)CN1CC2(CCCCC2)NCC1CC(C)C. The van der Waals surface area contributed by atoms with Crippen molar-refractivity contribution in [2.45, 2.75) is 90.6 Å². The van der Waals surface area contributed by atoms with Crippen LogP contribution in [0.2, 0.25) is 0 Å². The minimum atomic E-state index is 0.456. The molecule has 2 aliphatic rings. The van der Waals surface area contributed by atoms with Gasteiger partial charge < -0.3 is 5.32 Å². The predicted molar refractivity (Wildman–Crippen MR) is 92.7 cm³/mol. The summed E-state index contributed by atoms with van der Waals surface area (Å²) in [4.78, 5) is 2.86. The van der Waals surface area contributed by atoms with Gasteiger partial charge in [0.15, 0.2) is 0 Å². The van der Waals surface area contributed by atoms with E-state index in [0.29, 0.717) is 5.54 Å². The van der Waals surface area contributed by atoms with E-state index in [0.717, 1.165) is 17.9 Å². The van der Waals surface area contributed by atoms with Crippen LogP contribution in [0.4, 0.5) is 0 Å². The fourth-order valence-corrected chi connectivity index (χ4v) is 4.58. The van der Waals surface area contributed by atoms with Crippen LogP contribution in [0.1, 0.15) is 79.1 Å². The average Bonchev–Trinajstić information content (AvgIpc) is 2.43. The summed E-state index contributed by atoms with van der Waals surface area (Å²) < 4.78 is 0. The first-order valence-electron chi connectivity index (χ1n) is 9.54. The summed E-state index contributed by atoms with van der Waals surface area (Å²) in [6.07, 6.45) is 11.2. The van der Waals surface area contributed by atoms with E-state index < -0.39 is 0 Å². The highest BCUT2D eigenvalue weighted by molar-refractivity contribution is 5.00. The van der Waals surface area contributed by atoms with Gasteiger partial charge in [0.1, 0.15) is 0 Å². The molecule has 0 radical (unpaired) electrons. The van der Waals surface area contributed by atoms with E-state index in [1.54, 1.807) is 0 Å². The van der Waals surface area contributed by atoms with Crippen molar-refractivity contribution in [1.29, 1.82) is 0 Å². The highest BCUT2D eigenvalue weighted by atomic mass is 15.3. The van der Waals surface area contributed by atoms with E-state index in [4.69, 9.17) is 0 Å². The monoisotopic (exact) mass is 294 g/mol. The summed E-state index contributed by atoms with van der Waals surface area (Å²) in [6.45, 7) is 13.4. The maximum absolute atomic E-state index is 3.98. The molecule has 21 heavy (non-hydrogen) atoms. The molecule has 2 heteroatoms. The lowest BCUT2D eigenvalue weighted by Crippen LogP contribution is -2.65. The van der Waals surface area contributed by atoms with Gasteiger partial charge in [-0.05, 0) is 37.5 Å². The van der Waals surface area contributed by atoms with Crippen LogP contribution in [0.15, 0.2) is 0 Å². The van der Waals surface area contributed by atoms with Crippen molar-refractivity contribution in [2.75, 3.05) is 19.6 Å². The Morgan fingerprint density at radius 2 is 1.86 bits per heavy atom. The summed E-state index contributed by atoms with van der Waals surface area (Å²) in [5.41, 5.74) is 0.456. The third kappa shape index (κ3) is 4.96. The Kier molecular flexibility index (Phi) is 6.55. The molecule has 0 aromatic rings. The van der Waals surface area contributed by atoms with Crippen molar-refractivity contribution >= 4 is 0 Å². The van der Waals surface area contributed by atoms with Gasteiger partial charge >= 0.3 is 0 Å². The largest absolute Gasteiger partial charge is 0.308 e. The Balaban J connectivity index is 1.99.